The third-order valence-corrected chi connectivity index (χ3v) is 5.32. The maximum Gasteiger partial charge on any atom is 0.243 e. The van der Waals surface area contributed by atoms with Gasteiger partial charge in [-0.15, -0.1) is 0 Å². The monoisotopic (exact) mass is 274 g/mol. The van der Waals surface area contributed by atoms with Crippen molar-refractivity contribution in [3.63, 3.8) is 0 Å². The van der Waals surface area contributed by atoms with Crippen LogP contribution in [0.4, 0.5) is 10.1 Å². The van der Waals surface area contributed by atoms with Gasteiger partial charge in [0, 0.05) is 18.3 Å². The Bertz CT molecular complexity index is 521. The van der Waals surface area contributed by atoms with Crippen molar-refractivity contribution in [2.45, 2.75) is 37.6 Å². The van der Waals surface area contributed by atoms with Crippen molar-refractivity contribution in [1.29, 1.82) is 0 Å². The highest BCUT2D eigenvalue weighted by Gasteiger charge is 2.32. The van der Waals surface area contributed by atoms with E-state index in [1.54, 1.807) is 0 Å². The molecule has 0 unspecified atom stereocenters. The van der Waals surface area contributed by atoms with Crippen molar-refractivity contribution in [3.05, 3.63) is 24.0 Å². The second-order valence-electron chi connectivity index (χ2n) is 4.86. The lowest BCUT2D eigenvalue weighted by Crippen LogP contribution is -2.44. The van der Waals surface area contributed by atoms with Crippen LogP contribution in [0.1, 0.15) is 27.2 Å². The Morgan fingerprint density at radius 2 is 1.89 bits per heavy atom. The molecule has 0 fully saturated rings. The number of hydrogen-bond acceptors (Lipinski definition) is 3. The summed E-state index contributed by atoms with van der Waals surface area (Å²) >= 11 is 0. The van der Waals surface area contributed by atoms with Crippen molar-refractivity contribution in [2.75, 3.05) is 12.8 Å². The van der Waals surface area contributed by atoms with E-state index in [0.29, 0.717) is 6.42 Å². The number of nitrogens with zero attached hydrogens (tertiary/aromatic N) is 1. The quantitative estimate of drug-likeness (QED) is 0.856. The summed E-state index contributed by atoms with van der Waals surface area (Å²) < 4.78 is 39.2. The smallest absolute Gasteiger partial charge is 0.243 e. The van der Waals surface area contributed by atoms with Gasteiger partial charge < -0.3 is 5.73 Å². The molecule has 1 rings (SSSR count). The molecule has 0 saturated heterocycles. The molecule has 102 valence electrons. The number of halogens is 1. The molecule has 4 nitrogen and oxygen atoms in total. The fraction of sp³-hybridized carbons (Fsp3) is 0.500. The van der Waals surface area contributed by atoms with E-state index < -0.39 is 21.4 Å². The molecule has 0 bridgehead atoms. The molecule has 0 saturated carbocycles. The Labute approximate surface area is 108 Å². The number of hydrogen-bond donors (Lipinski definition) is 1. The molecule has 1 aromatic rings. The van der Waals surface area contributed by atoms with Crippen LogP contribution >= 0.6 is 0 Å². The molecule has 0 amide bonds. The van der Waals surface area contributed by atoms with Crippen molar-refractivity contribution in [2.24, 2.45) is 0 Å². The molecular weight excluding hydrogens is 255 g/mol. The Hall–Kier alpha value is -1.14. The first-order chi connectivity index (χ1) is 8.11. The first-order valence-electron chi connectivity index (χ1n) is 5.66. The SMILES string of the molecule is CCC(C)(C)N(C)S(=O)(=O)c1cc(N)cc(F)c1. The van der Waals surface area contributed by atoms with E-state index in [9.17, 15) is 12.8 Å². The van der Waals surface area contributed by atoms with E-state index in [-0.39, 0.29) is 10.6 Å². The maximum atomic E-state index is 13.2. The second-order valence-corrected chi connectivity index (χ2v) is 6.83. The van der Waals surface area contributed by atoms with Crippen molar-refractivity contribution < 1.29 is 12.8 Å². The van der Waals surface area contributed by atoms with Gasteiger partial charge in [-0.2, -0.15) is 4.31 Å². The lowest BCUT2D eigenvalue weighted by atomic mass is 10.0. The van der Waals surface area contributed by atoms with Crippen molar-refractivity contribution >= 4 is 15.7 Å². The van der Waals surface area contributed by atoms with Gasteiger partial charge in [0.05, 0.1) is 4.90 Å². The largest absolute Gasteiger partial charge is 0.399 e. The standard InChI is InChI=1S/C12H19FN2O2S/c1-5-12(2,3)15(4)18(16,17)11-7-9(13)6-10(14)8-11/h6-8H,5,14H2,1-4H3. The number of nitrogens with two attached hydrogens (primary N) is 1. The molecule has 0 spiro atoms. The van der Waals surface area contributed by atoms with E-state index in [4.69, 9.17) is 5.73 Å². The Kier molecular flexibility index (Phi) is 4.02. The number of anilines is 1. The van der Waals surface area contributed by atoms with Gasteiger partial charge in [0.25, 0.3) is 0 Å². The molecule has 0 aromatic heterocycles. The van der Waals surface area contributed by atoms with Crippen LogP contribution in [0.3, 0.4) is 0 Å². The van der Waals surface area contributed by atoms with Crippen LogP contribution in [0.5, 0.6) is 0 Å². The average molecular weight is 274 g/mol. The van der Waals surface area contributed by atoms with Gasteiger partial charge in [-0.25, -0.2) is 12.8 Å². The highest BCUT2D eigenvalue weighted by atomic mass is 32.2. The van der Waals surface area contributed by atoms with Crippen LogP contribution in [0.15, 0.2) is 23.1 Å². The number of nitrogen functional groups attached to an aromatic ring is 1. The summed E-state index contributed by atoms with van der Waals surface area (Å²) in [7, 11) is -2.25. The van der Waals surface area contributed by atoms with Crippen molar-refractivity contribution in [1.82, 2.24) is 4.31 Å². The zero-order chi connectivity index (χ0) is 14.1. The van der Waals surface area contributed by atoms with E-state index in [0.717, 1.165) is 12.1 Å². The predicted molar refractivity (Wildman–Crippen MR) is 70.1 cm³/mol. The molecule has 0 aliphatic heterocycles. The van der Waals surface area contributed by atoms with E-state index in [2.05, 4.69) is 0 Å². The van der Waals surface area contributed by atoms with Gasteiger partial charge in [-0.3, -0.25) is 0 Å². The topological polar surface area (TPSA) is 63.4 Å². The second kappa shape index (κ2) is 4.85. The fourth-order valence-corrected chi connectivity index (χ4v) is 3.08. The zero-order valence-electron chi connectivity index (χ0n) is 11.1. The normalized spacial score (nSPS) is 13.0. The predicted octanol–water partition coefficient (Wildman–Crippen LogP) is 2.22. The average Bonchev–Trinajstić information content (AvgIpc) is 2.26. The lowest BCUT2D eigenvalue weighted by Gasteiger charge is -2.33. The maximum absolute atomic E-state index is 13.2. The molecule has 0 radical (unpaired) electrons. The van der Waals surface area contributed by atoms with Crippen LogP contribution in [-0.4, -0.2) is 25.3 Å². The number of benzene rings is 1. The molecule has 2 N–H and O–H groups in total. The molecule has 0 aliphatic rings. The van der Waals surface area contributed by atoms with Gasteiger partial charge in [0.1, 0.15) is 5.82 Å². The minimum absolute atomic E-state index is 0.0938. The third-order valence-electron chi connectivity index (χ3n) is 3.27. The molecule has 0 aliphatic carbocycles. The van der Waals surface area contributed by atoms with Gasteiger partial charge >= 0.3 is 0 Å². The third kappa shape index (κ3) is 2.81. The van der Waals surface area contributed by atoms with Crippen LogP contribution in [-0.2, 0) is 10.0 Å². The summed E-state index contributed by atoms with van der Waals surface area (Å²) in [6, 6.07) is 3.33. The summed E-state index contributed by atoms with van der Waals surface area (Å²) in [4.78, 5) is -0.121. The first kappa shape index (κ1) is 14.9. The van der Waals surface area contributed by atoms with Gasteiger partial charge in [-0.05, 0) is 38.5 Å². The molecule has 1 aromatic carbocycles. The zero-order valence-corrected chi connectivity index (χ0v) is 11.9. The van der Waals surface area contributed by atoms with Crippen LogP contribution in [0.2, 0.25) is 0 Å². The van der Waals surface area contributed by atoms with Crippen LogP contribution in [0.25, 0.3) is 0 Å². The molecule has 6 heteroatoms. The molecule has 0 atom stereocenters. The van der Waals surface area contributed by atoms with Crippen LogP contribution in [0, 0.1) is 5.82 Å². The minimum Gasteiger partial charge on any atom is -0.399 e. The van der Waals surface area contributed by atoms with E-state index in [1.165, 1.54) is 17.4 Å². The summed E-state index contributed by atoms with van der Waals surface area (Å²) in [6.07, 6.45) is 0.646. The van der Waals surface area contributed by atoms with Gasteiger partial charge in [0.2, 0.25) is 10.0 Å². The molecular formula is C12H19FN2O2S. The Balaban J connectivity index is 3.30. The van der Waals surface area contributed by atoms with E-state index in [1.807, 2.05) is 20.8 Å². The van der Waals surface area contributed by atoms with Crippen LogP contribution < -0.4 is 5.73 Å². The molecule has 18 heavy (non-hydrogen) atoms. The fourth-order valence-electron chi connectivity index (χ4n) is 1.44. The highest BCUT2D eigenvalue weighted by molar-refractivity contribution is 7.89. The lowest BCUT2D eigenvalue weighted by molar-refractivity contribution is 0.257. The summed E-state index contributed by atoms with van der Waals surface area (Å²) in [5.74, 6) is -0.656. The molecule has 0 heterocycles. The van der Waals surface area contributed by atoms with Gasteiger partial charge in [0.15, 0.2) is 0 Å². The Morgan fingerprint density at radius 1 is 1.33 bits per heavy atom. The number of rotatable bonds is 4. The van der Waals surface area contributed by atoms with Gasteiger partial charge in [-0.1, -0.05) is 6.92 Å². The first-order valence-corrected chi connectivity index (χ1v) is 7.10. The Morgan fingerprint density at radius 3 is 2.33 bits per heavy atom. The number of sulfonamides is 1. The van der Waals surface area contributed by atoms with Crippen molar-refractivity contribution in [3.8, 4) is 0 Å². The minimum atomic E-state index is -3.74. The summed E-state index contributed by atoms with van der Waals surface area (Å²) in [5, 5.41) is 0. The summed E-state index contributed by atoms with van der Waals surface area (Å²) in [5.41, 5.74) is 5.03. The summed E-state index contributed by atoms with van der Waals surface area (Å²) in [6.45, 7) is 5.52. The highest BCUT2D eigenvalue weighted by Crippen LogP contribution is 2.26. The van der Waals surface area contributed by atoms with E-state index >= 15 is 0 Å².